The second-order valence-electron chi connectivity index (χ2n) is 2.70. The fraction of sp³-hybridized carbons (Fsp3) is 0.714. The zero-order valence-corrected chi connectivity index (χ0v) is 6.36. The molecule has 1 rings (SSSR count). The van der Waals surface area contributed by atoms with Crippen molar-refractivity contribution in [3.63, 3.8) is 0 Å². The first-order valence-electron chi connectivity index (χ1n) is 3.57. The SMILES string of the molecule is CC(=O)N1CCC(O)C1C=O. The van der Waals surface area contributed by atoms with Crippen molar-refractivity contribution >= 4 is 12.2 Å². The van der Waals surface area contributed by atoms with E-state index in [9.17, 15) is 14.7 Å². The number of nitrogens with zero attached hydrogens (tertiary/aromatic N) is 1. The predicted molar refractivity (Wildman–Crippen MR) is 37.9 cm³/mol. The Kier molecular flexibility index (Phi) is 2.24. The van der Waals surface area contributed by atoms with Gasteiger partial charge in [0.05, 0.1) is 6.10 Å². The maximum atomic E-state index is 10.8. The van der Waals surface area contributed by atoms with Crippen LogP contribution in [0.3, 0.4) is 0 Å². The van der Waals surface area contributed by atoms with E-state index in [1.165, 1.54) is 11.8 Å². The van der Waals surface area contributed by atoms with Crippen LogP contribution in [0.2, 0.25) is 0 Å². The number of carbonyl (C=O) groups excluding carboxylic acids is 2. The highest BCUT2D eigenvalue weighted by Gasteiger charge is 2.33. The van der Waals surface area contributed by atoms with Crippen LogP contribution in [0.5, 0.6) is 0 Å². The molecule has 0 aromatic rings. The Morgan fingerprint density at radius 1 is 1.73 bits per heavy atom. The smallest absolute Gasteiger partial charge is 0.220 e. The van der Waals surface area contributed by atoms with Crippen LogP contribution < -0.4 is 0 Å². The predicted octanol–water partition coefficient (Wildman–Crippen LogP) is -0.833. The van der Waals surface area contributed by atoms with Crippen molar-refractivity contribution in [2.24, 2.45) is 0 Å². The summed E-state index contributed by atoms with van der Waals surface area (Å²) in [5.74, 6) is -0.154. The van der Waals surface area contributed by atoms with Gasteiger partial charge in [0.25, 0.3) is 0 Å². The summed E-state index contributed by atoms with van der Waals surface area (Å²) in [6.07, 6.45) is 0.457. The Bertz CT molecular complexity index is 181. The van der Waals surface area contributed by atoms with Gasteiger partial charge in [0.15, 0.2) is 0 Å². The van der Waals surface area contributed by atoms with E-state index in [1.54, 1.807) is 0 Å². The van der Waals surface area contributed by atoms with Crippen LogP contribution in [-0.2, 0) is 9.59 Å². The minimum absolute atomic E-state index is 0.154. The third kappa shape index (κ3) is 1.40. The maximum Gasteiger partial charge on any atom is 0.220 e. The molecule has 4 heteroatoms. The molecule has 0 aromatic carbocycles. The van der Waals surface area contributed by atoms with Crippen LogP contribution in [0.4, 0.5) is 0 Å². The summed E-state index contributed by atoms with van der Waals surface area (Å²) >= 11 is 0. The van der Waals surface area contributed by atoms with E-state index in [0.29, 0.717) is 19.3 Å². The molecule has 1 N–H and O–H groups in total. The lowest BCUT2D eigenvalue weighted by Crippen LogP contribution is -2.39. The van der Waals surface area contributed by atoms with Gasteiger partial charge < -0.3 is 14.8 Å². The molecule has 1 fully saturated rings. The fourth-order valence-electron chi connectivity index (χ4n) is 1.33. The number of aldehydes is 1. The maximum absolute atomic E-state index is 10.8. The standard InChI is InChI=1S/C7H11NO3/c1-5(10)8-3-2-7(11)6(8)4-9/h4,6-7,11H,2-3H2,1H3. The monoisotopic (exact) mass is 157 g/mol. The summed E-state index contributed by atoms with van der Waals surface area (Å²) in [6, 6.07) is -0.618. The molecule has 11 heavy (non-hydrogen) atoms. The van der Waals surface area contributed by atoms with Crippen molar-refractivity contribution < 1.29 is 14.7 Å². The molecular weight excluding hydrogens is 146 g/mol. The van der Waals surface area contributed by atoms with Crippen LogP contribution in [0.15, 0.2) is 0 Å². The molecule has 0 radical (unpaired) electrons. The van der Waals surface area contributed by atoms with E-state index in [2.05, 4.69) is 0 Å². The Labute approximate surface area is 64.8 Å². The van der Waals surface area contributed by atoms with Crippen LogP contribution >= 0.6 is 0 Å². The van der Waals surface area contributed by atoms with Crippen molar-refractivity contribution in [3.05, 3.63) is 0 Å². The van der Waals surface area contributed by atoms with Gasteiger partial charge in [0.1, 0.15) is 12.3 Å². The number of likely N-dealkylation sites (tertiary alicyclic amines) is 1. The van der Waals surface area contributed by atoms with Crippen molar-refractivity contribution in [2.45, 2.75) is 25.5 Å². The van der Waals surface area contributed by atoms with Gasteiger partial charge in [-0.05, 0) is 6.42 Å². The molecule has 0 spiro atoms. The second kappa shape index (κ2) is 3.00. The molecule has 0 aromatic heterocycles. The molecule has 4 nitrogen and oxygen atoms in total. The molecule has 2 unspecified atom stereocenters. The second-order valence-corrected chi connectivity index (χ2v) is 2.70. The molecule has 0 bridgehead atoms. The van der Waals surface area contributed by atoms with E-state index in [0.717, 1.165) is 0 Å². The molecule has 0 aliphatic carbocycles. The Balaban J connectivity index is 2.68. The van der Waals surface area contributed by atoms with Crippen molar-refractivity contribution in [1.29, 1.82) is 0 Å². The lowest BCUT2D eigenvalue weighted by molar-refractivity contribution is -0.133. The minimum atomic E-state index is -0.670. The van der Waals surface area contributed by atoms with Crippen LogP contribution in [-0.4, -0.2) is 40.9 Å². The van der Waals surface area contributed by atoms with Gasteiger partial charge in [-0.15, -0.1) is 0 Å². The quantitative estimate of drug-likeness (QED) is 0.505. The van der Waals surface area contributed by atoms with Crippen LogP contribution in [0.1, 0.15) is 13.3 Å². The fourth-order valence-corrected chi connectivity index (χ4v) is 1.33. The molecular formula is C7H11NO3. The highest BCUT2D eigenvalue weighted by molar-refractivity contribution is 5.78. The number of carbonyl (C=O) groups is 2. The van der Waals surface area contributed by atoms with Gasteiger partial charge in [-0.3, -0.25) is 4.79 Å². The molecule has 62 valence electrons. The van der Waals surface area contributed by atoms with E-state index in [4.69, 9.17) is 0 Å². The van der Waals surface area contributed by atoms with Crippen LogP contribution in [0.25, 0.3) is 0 Å². The first kappa shape index (κ1) is 8.20. The van der Waals surface area contributed by atoms with E-state index in [1.807, 2.05) is 0 Å². The molecule has 1 heterocycles. The highest BCUT2D eigenvalue weighted by Crippen LogP contribution is 2.15. The topological polar surface area (TPSA) is 57.6 Å². The molecule has 1 amide bonds. The van der Waals surface area contributed by atoms with Crippen molar-refractivity contribution in [3.8, 4) is 0 Å². The Morgan fingerprint density at radius 3 is 2.73 bits per heavy atom. The molecule has 2 atom stereocenters. The Morgan fingerprint density at radius 2 is 2.36 bits per heavy atom. The summed E-state index contributed by atoms with van der Waals surface area (Å²) in [4.78, 5) is 22.6. The number of hydrogen-bond acceptors (Lipinski definition) is 3. The third-order valence-corrected chi connectivity index (χ3v) is 1.96. The highest BCUT2D eigenvalue weighted by atomic mass is 16.3. The summed E-state index contributed by atoms with van der Waals surface area (Å²) < 4.78 is 0. The van der Waals surface area contributed by atoms with Gasteiger partial charge in [-0.25, -0.2) is 0 Å². The average Bonchev–Trinajstić information content (AvgIpc) is 2.30. The number of aliphatic hydroxyl groups is 1. The molecule has 1 aliphatic heterocycles. The summed E-state index contributed by atoms with van der Waals surface area (Å²) in [5.41, 5.74) is 0. The van der Waals surface area contributed by atoms with Crippen LogP contribution in [0, 0.1) is 0 Å². The molecule has 1 saturated heterocycles. The van der Waals surface area contributed by atoms with E-state index < -0.39 is 12.1 Å². The first-order chi connectivity index (χ1) is 5.16. The number of hydrogen-bond donors (Lipinski definition) is 1. The third-order valence-electron chi connectivity index (χ3n) is 1.96. The molecule has 0 saturated carbocycles. The Hall–Kier alpha value is -0.900. The van der Waals surface area contributed by atoms with E-state index in [-0.39, 0.29) is 5.91 Å². The summed E-state index contributed by atoms with van der Waals surface area (Å²) in [5, 5.41) is 9.18. The minimum Gasteiger partial charge on any atom is -0.390 e. The molecule has 1 aliphatic rings. The summed E-state index contributed by atoms with van der Waals surface area (Å²) in [7, 11) is 0. The number of rotatable bonds is 1. The summed E-state index contributed by atoms with van der Waals surface area (Å²) in [6.45, 7) is 1.88. The average molecular weight is 157 g/mol. The first-order valence-corrected chi connectivity index (χ1v) is 3.57. The lowest BCUT2D eigenvalue weighted by Gasteiger charge is -2.19. The van der Waals surface area contributed by atoms with Gasteiger partial charge >= 0.3 is 0 Å². The normalized spacial score (nSPS) is 30.5. The largest absolute Gasteiger partial charge is 0.390 e. The van der Waals surface area contributed by atoms with E-state index >= 15 is 0 Å². The number of aliphatic hydroxyl groups excluding tert-OH is 1. The van der Waals surface area contributed by atoms with Gasteiger partial charge in [-0.1, -0.05) is 0 Å². The van der Waals surface area contributed by atoms with Gasteiger partial charge in [-0.2, -0.15) is 0 Å². The van der Waals surface area contributed by atoms with Gasteiger partial charge in [0.2, 0.25) is 5.91 Å². The number of amides is 1. The zero-order chi connectivity index (χ0) is 8.43. The van der Waals surface area contributed by atoms with Crippen molar-refractivity contribution in [2.75, 3.05) is 6.54 Å². The zero-order valence-electron chi connectivity index (χ0n) is 6.36. The van der Waals surface area contributed by atoms with Gasteiger partial charge in [0, 0.05) is 13.5 Å². The van der Waals surface area contributed by atoms with Crippen molar-refractivity contribution in [1.82, 2.24) is 4.90 Å². The lowest BCUT2D eigenvalue weighted by atomic mass is 10.2.